The van der Waals surface area contributed by atoms with E-state index in [-0.39, 0.29) is 0 Å². The molecule has 1 aliphatic rings. The Balaban J connectivity index is 1.77. The summed E-state index contributed by atoms with van der Waals surface area (Å²) in [4.78, 5) is 6.99. The summed E-state index contributed by atoms with van der Waals surface area (Å²) >= 11 is 0. The van der Waals surface area contributed by atoms with Crippen LogP contribution in [-0.2, 0) is 0 Å². The van der Waals surface area contributed by atoms with Gasteiger partial charge in [-0.1, -0.05) is 36.8 Å². The molecule has 2 heterocycles. The predicted octanol–water partition coefficient (Wildman–Crippen LogP) is 4.40. The zero-order valence-corrected chi connectivity index (χ0v) is 13.5. The van der Waals surface area contributed by atoms with Crippen LogP contribution >= 0.6 is 0 Å². The van der Waals surface area contributed by atoms with E-state index >= 15 is 0 Å². The molecule has 0 saturated carbocycles. The molecule has 0 radical (unpaired) electrons. The Hall–Kier alpha value is -1.67. The molecule has 1 saturated heterocycles. The van der Waals surface area contributed by atoms with Gasteiger partial charge in [0.05, 0.1) is 0 Å². The van der Waals surface area contributed by atoms with Crippen LogP contribution in [0, 0.1) is 6.92 Å². The number of hydrogen-bond donors (Lipinski definition) is 0. The highest BCUT2D eigenvalue weighted by molar-refractivity contribution is 5.32. The van der Waals surface area contributed by atoms with Crippen LogP contribution in [0.15, 0.2) is 48.7 Å². The van der Waals surface area contributed by atoms with Crippen molar-refractivity contribution in [2.45, 2.75) is 38.5 Å². The van der Waals surface area contributed by atoms with Gasteiger partial charge in [-0.15, -0.1) is 0 Å². The van der Waals surface area contributed by atoms with E-state index in [1.165, 1.54) is 56.4 Å². The minimum Gasteiger partial charge on any atom is -0.303 e. The van der Waals surface area contributed by atoms with Gasteiger partial charge in [0.1, 0.15) is 0 Å². The number of pyridine rings is 1. The highest BCUT2D eigenvalue weighted by Crippen LogP contribution is 2.28. The largest absolute Gasteiger partial charge is 0.303 e. The molecule has 1 aromatic heterocycles. The zero-order valence-electron chi connectivity index (χ0n) is 13.5. The van der Waals surface area contributed by atoms with Gasteiger partial charge >= 0.3 is 0 Å². The first kappa shape index (κ1) is 15.2. The third-order valence-corrected chi connectivity index (χ3v) is 4.71. The molecule has 116 valence electrons. The number of nitrogens with zero attached hydrogens (tertiary/aromatic N) is 2. The van der Waals surface area contributed by atoms with Crippen molar-refractivity contribution in [3.05, 3.63) is 65.5 Å². The smallest absolute Gasteiger partial charge is 0.0375 e. The molecule has 0 amide bonds. The molecule has 1 aliphatic heterocycles. The zero-order chi connectivity index (χ0) is 15.2. The van der Waals surface area contributed by atoms with Gasteiger partial charge < -0.3 is 4.90 Å². The first-order valence-electron chi connectivity index (χ1n) is 8.53. The summed E-state index contributed by atoms with van der Waals surface area (Å²) < 4.78 is 0. The van der Waals surface area contributed by atoms with E-state index in [0.29, 0.717) is 5.92 Å². The van der Waals surface area contributed by atoms with Crippen LogP contribution in [0.3, 0.4) is 0 Å². The average Bonchev–Trinajstić information content (AvgIpc) is 2.57. The monoisotopic (exact) mass is 294 g/mol. The second-order valence-electron chi connectivity index (χ2n) is 6.38. The summed E-state index contributed by atoms with van der Waals surface area (Å²) in [6, 6.07) is 15.3. The molecule has 3 rings (SSSR count). The van der Waals surface area contributed by atoms with Gasteiger partial charge in [0, 0.05) is 17.8 Å². The van der Waals surface area contributed by atoms with E-state index in [2.05, 4.69) is 59.3 Å². The van der Waals surface area contributed by atoms with E-state index in [0.717, 1.165) is 5.69 Å². The van der Waals surface area contributed by atoms with Gasteiger partial charge in [0.25, 0.3) is 0 Å². The van der Waals surface area contributed by atoms with Crippen molar-refractivity contribution in [2.24, 2.45) is 0 Å². The molecule has 0 aliphatic carbocycles. The van der Waals surface area contributed by atoms with Gasteiger partial charge in [-0.05, 0) is 69.1 Å². The van der Waals surface area contributed by atoms with Crippen LogP contribution < -0.4 is 0 Å². The topological polar surface area (TPSA) is 16.1 Å². The first-order valence-corrected chi connectivity index (χ1v) is 8.53. The molecule has 22 heavy (non-hydrogen) atoms. The Morgan fingerprint density at radius 3 is 2.50 bits per heavy atom. The first-order chi connectivity index (χ1) is 10.8. The number of likely N-dealkylation sites (tertiary alicyclic amines) is 1. The van der Waals surface area contributed by atoms with Crippen LogP contribution in [-0.4, -0.2) is 29.5 Å². The van der Waals surface area contributed by atoms with Crippen LogP contribution in [0.25, 0.3) is 0 Å². The SMILES string of the molecule is Cc1cc(C(CCN2CCCCC2)c2ccccc2)ccn1. The molecule has 1 atom stereocenters. The summed E-state index contributed by atoms with van der Waals surface area (Å²) in [6.07, 6.45) is 7.27. The average molecular weight is 294 g/mol. The van der Waals surface area contributed by atoms with Crippen molar-refractivity contribution in [1.82, 2.24) is 9.88 Å². The quantitative estimate of drug-likeness (QED) is 0.812. The highest BCUT2D eigenvalue weighted by atomic mass is 15.1. The highest BCUT2D eigenvalue weighted by Gasteiger charge is 2.17. The van der Waals surface area contributed by atoms with E-state index in [1.807, 2.05) is 6.20 Å². The number of aryl methyl sites for hydroxylation is 1. The fourth-order valence-corrected chi connectivity index (χ4v) is 3.49. The van der Waals surface area contributed by atoms with Crippen LogP contribution in [0.5, 0.6) is 0 Å². The maximum absolute atomic E-state index is 4.36. The molecule has 1 aromatic carbocycles. The minimum absolute atomic E-state index is 0.477. The van der Waals surface area contributed by atoms with E-state index in [4.69, 9.17) is 0 Å². The molecule has 0 bridgehead atoms. The van der Waals surface area contributed by atoms with Crippen LogP contribution in [0.1, 0.15) is 48.4 Å². The number of rotatable bonds is 5. The van der Waals surface area contributed by atoms with Crippen molar-refractivity contribution in [1.29, 1.82) is 0 Å². The fourth-order valence-electron chi connectivity index (χ4n) is 3.49. The summed E-state index contributed by atoms with van der Waals surface area (Å²) in [6.45, 7) is 5.82. The van der Waals surface area contributed by atoms with Gasteiger partial charge in [-0.3, -0.25) is 4.98 Å². The Kier molecular flexibility index (Phi) is 5.23. The fraction of sp³-hybridized carbons (Fsp3) is 0.450. The van der Waals surface area contributed by atoms with E-state index in [1.54, 1.807) is 0 Å². The summed E-state index contributed by atoms with van der Waals surface area (Å²) in [5.41, 5.74) is 3.93. The Labute approximate surface area is 134 Å². The van der Waals surface area contributed by atoms with Crippen molar-refractivity contribution in [3.8, 4) is 0 Å². The van der Waals surface area contributed by atoms with Crippen molar-refractivity contribution in [3.63, 3.8) is 0 Å². The Morgan fingerprint density at radius 2 is 1.77 bits per heavy atom. The lowest BCUT2D eigenvalue weighted by Gasteiger charge is -2.28. The van der Waals surface area contributed by atoms with Gasteiger partial charge in [0.15, 0.2) is 0 Å². The van der Waals surface area contributed by atoms with Crippen molar-refractivity contribution >= 4 is 0 Å². The molecular formula is C20H26N2. The minimum atomic E-state index is 0.477. The van der Waals surface area contributed by atoms with Gasteiger partial charge in [-0.25, -0.2) is 0 Å². The molecule has 0 N–H and O–H groups in total. The molecule has 1 fully saturated rings. The second kappa shape index (κ2) is 7.55. The molecule has 2 aromatic rings. The normalized spacial score (nSPS) is 17.3. The Bertz CT molecular complexity index is 573. The molecular weight excluding hydrogens is 268 g/mol. The van der Waals surface area contributed by atoms with Crippen molar-refractivity contribution < 1.29 is 0 Å². The molecule has 1 unspecified atom stereocenters. The molecule has 2 heteroatoms. The lowest BCUT2D eigenvalue weighted by molar-refractivity contribution is 0.223. The summed E-state index contributed by atoms with van der Waals surface area (Å²) in [5.74, 6) is 0.477. The third kappa shape index (κ3) is 3.95. The van der Waals surface area contributed by atoms with Gasteiger partial charge in [0.2, 0.25) is 0 Å². The lowest BCUT2D eigenvalue weighted by atomic mass is 9.88. The predicted molar refractivity (Wildman–Crippen MR) is 92.2 cm³/mol. The van der Waals surface area contributed by atoms with E-state index < -0.39 is 0 Å². The number of hydrogen-bond acceptors (Lipinski definition) is 2. The number of piperidine rings is 1. The second-order valence-corrected chi connectivity index (χ2v) is 6.38. The van der Waals surface area contributed by atoms with E-state index in [9.17, 15) is 0 Å². The number of benzene rings is 1. The summed E-state index contributed by atoms with van der Waals surface area (Å²) in [5, 5.41) is 0. The lowest BCUT2D eigenvalue weighted by Crippen LogP contribution is -2.31. The summed E-state index contributed by atoms with van der Waals surface area (Å²) in [7, 11) is 0. The van der Waals surface area contributed by atoms with Crippen LogP contribution in [0.2, 0.25) is 0 Å². The van der Waals surface area contributed by atoms with Gasteiger partial charge in [-0.2, -0.15) is 0 Å². The van der Waals surface area contributed by atoms with Crippen molar-refractivity contribution in [2.75, 3.05) is 19.6 Å². The maximum atomic E-state index is 4.36. The molecule has 0 spiro atoms. The number of aromatic nitrogens is 1. The third-order valence-electron chi connectivity index (χ3n) is 4.71. The Morgan fingerprint density at radius 1 is 1.00 bits per heavy atom. The van der Waals surface area contributed by atoms with Crippen LogP contribution in [0.4, 0.5) is 0 Å². The molecule has 2 nitrogen and oxygen atoms in total. The maximum Gasteiger partial charge on any atom is 0.0375 e. The standard InChI is InChI=1S/C20H26N2/c1-17-16-19(10-12-21-17)20(18-8-4-2-5-9-18)11-15-22-13-6-3-7-14-22/h2,4-5,8-10,12,16,20H,3,6-7,11,13-15H2,1H3.